The van der Waals surface area contributed by atoms with Crippen molar-refractivity contribution < 1.29 is 22.7 Å². The maximum Gasteiger partial charge on any atom is 0.338 e. The summed E-state index contributed by atoms with van der Waals surface area (Å²) in [5.41, 5.74) is 1.88. The number of rotatable bonds is 8. The number of primary sulfonamides is 1. The molecule has 0 saturated carbocycles. The Morgan fingerprint density at radius 2 is 1.67 bits per heavy atom. The number of nitrogens with two attached hydrogens (primary N) is 1. The first-order chi connectivity index (χ1) is 12.8. The van der Waals surface area contributed by atoms with Crippen LogP contribution in [-0.4, -0.2) is 33.4 Å². The SMILES string of the molecule is CCOC(=O)c1ccc(NCC(=O)NCc2ccc(S(N)(=O)=O)cc2)cc1. The van der Waals surface area contributed by atoms with Crippen molar-refractivity contribution in [3.8, 4) is 0 Å². The highest BCUT2D eigenvalue weighted by Crippen LogP contribution is 2.11. The largest absolute Gasteiger partial charge is 0.462 e. The molecule has 0 atom stereocenters. The number of amides is 1. The molecule has 0 radical (unpaired) electrons. The maximum absolute atomic E-state index is 11.9. The Hall–Kier alpha value is -2.91. The van der Waals surface area contributed by atoms with Crippen LogP contribution in [-0.2, 0) is 26.1 Å². The number of anilines is 1. The molecule has 2 rings (SSSR count). The van der Waals surface area contributed by atoms with Crippen LogP contribution in [0.25, 0.3) is 0 Å². The molecule has 0 bridgehead atoms. The monoisotopic (exact) mass is 391 g/mol. The molecule has 0 fully saturated rings. The van der Waals surface area contributed by atoms with E-state index in [1.807, 2.05) is 0 Å². The zero-order valence-corrected chi connectivity index (χ0v) is 15.6. The molecule has 4 N–H and O–H groups in total. The molecular formula is C18H21N3O5S. The van der Waals surface area contributed by atoms with Crippen LogP contribution in [0.2, 0.25) is 0 Å². The first kappa shape index (κ1) is 20.4. The summed E-state index contributed by atoms with van der Waals surface area (Å²) >= 11 is 0. The third kappa shape index (κ3) is 6.39. The highest BCUT2D eigenvalue weighted by molar-refractivity contribution is 7.89. The van der Waals surface area contributed by atoms with Gasteiger partial charge in [0.1, 0.15) is 0 Å². The smallest absolute Gasteiger partial charge is 0.338 e. The number of carbonyl (C=O) groups is 2. The van der Waals surface area contributed by atoms with E-state index in [4.69, 9.17) is 9.88 Å². The van der Waals surface area contributed by atoms with E-state index in [1.165, 1.54) is 12.1 Å². The van der Waals surface area contributed by atoms with Gasteiger partial charge in [-0.2, -0.15) is 0 Å². The van der Waals surface area contributed by atoms with E-state index in [2.05, 4.69) is 10.6 Å². The number of esters is 1. The van der Waals surface area contributed by atoms with Crippen molar-refractivity contribution in [3.63, 3.8) is 0 Å². The van der Waals surface area contributed by atoms with E-state index >= 15 is 0 Å². The van der Waals surface area contributed by atoms with Gasteiger partial charge in [-0.25, -0.2) is 18.4 Å². The summed E-state index contributed by atoms with van der Waals surface area (Å²) in [6, 6.07) is 12.6. The zero-order valence-electron chi connectivity index (χ0n) is 14.8. The lowest BCUT2D eigenvalue weighted by atomic mass is 10.2. The van der Waals surface area contributed by atoms with Gasteiger partial charge in [0.05, 0.1) is 23.6 Å². The lowest BCUT2D eigenvalue weighted by Gasteiger charge is -2.09. The average molecular weight is 391 g/mol. The molecule has 144 valence electrons. The van der Waals surface area contributed by atoms with Crippen molar-refractivity contribution in [2.24, 2.45) is 5.14 Å². The third-order valence-corrected chi connectivity index (χ3v) is 4.52. The minimum Gasteiger partial charge on any atom is -0.462 e. The lowest BCUT2D eigenvalue weighted by molar-refractivity contribution is -0.119. The number of benzene rings is 2. The Labute approximate surface area is 157 Å². The van der Waals surface area contributed by atoms with Gasteiger partial charge < -0.3 is 15.4 Å². The van der Waals surface area contributed by atoms with Crippen LogP contribution in [0.3, 0.4) is 0 Å². The van der Waals surface area contributed by atoms with Gasteiger partial charge in [0.15, 0.2) is 0 Å². The Bertz CT molecular complexity index is 894. The molecular weight excluding hydrogens is 370 g/mol. The van der Waals surface area contributed by atoms with E-state index in [9.17, 15) is 18.0 Å². The quantitative estimate of drug-likeness (QED) is 0.581. The molecule has 0 spiro atoms. The highest BCUT2D eigenvalue weighted by Gasteiger charge is 2.08. The summed E-state index contributed by atoms with van der Waals surface area (Å²) in [7, 11) is -3.73. The molecule has 0 aromatic heterocycles. The summed E-state index contributed by atoms with van der Waals surface area (Å²) in [5, 5.41) is 10.7. The van der Waals surface area contributed by atoms with Gasteiger partial charge in [-0.1, -0.05) is 12.1 Å². The van der Waals surface area contributed by atoms with Crippen molar-refractivity contribution in [2.75, 3.05) is 18.5 Å². The second-order valence-corrected chi connectivity index (χ2v) is 7.18. The van der Waals surface area contributed by atoms with Crippen LogP contribution >= 0.6 is 0 Å². The van der Waals surface area contributed by atoms with Crippen molar-refractivity contribution in [1.29, 1.82) is 0 Å². The molecule has 0 unspecified atom stereocenters. The van der Waals surface area contributed by atoms with E-state index in [1.54, 1.807) is 43.3 Å². The molecule has 9 heteroatoms. The molecule has 0 heterocycles. The second-order valence-electron chi connectivity index (χ2n) is 5.62. The minimum absolute atomic E-state index is 0.0190. The first-order valence-corrected chi connectivity index (χ1v) is 9.73. The van der Waals surface area contributed by atoms with E-state index in [0.717, 1.165) is 5.56 Å². The number of hydrogen-bond acceptors (Lipinski definition) is 6. The van der Waals surface area contributed by atoms with Crippen molar-refractivity contribution >= 4 is 27.6 Å². The van der Waals surface area contributed by atoms with E-state index in [-0.39, 0.29) is 23.9 Å². The Kier molecular flexibility index (Phi) is 6.91. The van der Waals surface area contributed by atoms with Crippen LogP contribution in [0.1, 0.15) is 22.8 Å². The maximum atomic E-state index is 11.9. The lowest BCUT2D eigenvalue weighted by Crippen LogP contribution is -2.29. The van der Waals surface area contributed by atoms with Crippen LogP contribution in [0.4, 0.5) is 5.69 Å². The number of ether oxygens (including phenoxy) is 1. The van der Waals surface area contributed by atoms with Gasteiger partial charge >= 0.3 is 5.97 Å². The fraction of sp³-hybridized carbons (Fsp3) is 0.222. The van der Waals surface area contributed by atoms with Crippen molar-refractivity contribution in [1.82, 2.24) is 5.32 Å². The molecule has 0 saturated heterocycles. The van der Waals surface area contributed by atoms with Crippen LogP contribution in [0, 0.1) is 0 Å². The van der Waals surface area contributed by atoms with E-state index in [0.29, 0.717) is 17.9 Å². The third-order valence-electron chi connectivity index (χ3n) is 3.59. The Balaban J connectivity index is 1.80. The van der Waals surface area contributed by atoms with Crippen molar-refractivity contribution in [3.05, 3.63) is 59.7 Å². The fourth-order valence-electron chi connectivity index (χ4n) is 2.18. The number of sulfonamides is 1. The molecule has 0 aliphatic rings. The molecule has 2 aromatic rings. The molecule has 8 nitrogen and oxygen atoms in total. The van der Waals surface area contributed by atoms with Gasteiger partial charge in [0, 0.05) is 12.2 Å². The van der Waals surface area contributed by atoms with Gasteiger partial charge in [-0.05, 0) is 48.9 Å². The highest BCUT2D eigenvalue weighted by atomic mass is 32.2. The first-order valence-electron chi connectivity index (χ1n) is 8.19. The Morgan fingerprint density at radius 3 is 2.22 bits per heavy atom. The Morgan fingerprint density at radius 1 is 1.04 bits per heavy atom. The van der Waals surface area contributed by atoms with Gasteiger partial charge in [-0.3, -0.25) is 4.79 Å². The van der Waals surface area contributed by atoms with Gasteiger partial charge in [0.25, 0.3) is 0 Å². The number of nitrogens with one attached hydrogen (secondary N) is 2. The predicted molar refractivity (Wildman–Crippen MR) is 101 cm³/mol. The van der Waals surface area contributed by atoms with E-state index < -0.39 is 16.0 Å². The second kappa shape index (κ2) is 9.15. The standard InChI is InChI=1S/C18H21N3O5S/c1-2-26-18(23)14-5-7-15(8-6-14)20-12-17(22)21-11-13-3-9-16(10-4-13)27(19,24)25/h3-10,20H,2,11-12H2,1H3,(H,21,22)(H2,19,24,25). The molecule has 2 aromatic carbocycles. The average Bonchev–Trinajstić information content (AvgIpc) is 2.65. The molecule has 1 amide bonds. The summed E-state index contributed by atoms with van der Waals surface area (Å²) < 4.78 is 27.3. The van der Waals surface area contributed by atoms with Crippen molar-refractivity contribution in [2.45, 2.75) is 18.4 Å². The van der Waals surface area contributed by atoms with Gasteiger partial charge in [-0.15, -0.1) is 0 Å². The van der Waals surface area contributed by atoms with Crippen LogP contribution < -0.4 is 15.8 Å². The summed E-state index contributed by atoms with van der Waals surface area (Å²) in [5.74, 6) is -0.629. The topological polar surface area (TPSA) is 128 Å². The molecule has 27 heavy (non-hydrogen) atoms. The van der Waals surface area contributed by atoms with Gasteiger partial charge in [0.2, 0.25) is 15.9 Å². The minimum atomic E-state index is -3.73. The van der Waals surface area contributed by atoms with Crippen LogP contribution in [0.5, 0.6) is 0 Å². The van der Waals surface area contributed by atoms with Crippen LogP contribution in [0.15, 0.2) is 53.4 Å². The normalized spacial score (nSPS) is 10.9. The zero-order chi connectivity index (χ0) is 19.9. The summed E-state index contributed by atoms with van der Waals surface area (Å²) in [6.07, 6.45) is 0. The summed E-state index contributed by atoms with van der Waals surface area (Å²) in [4.78, 5) is 23.5. The number of carbonyl (C=O) groups excluding carboxylic acids is 2. The predicted octanol–water partition coefficient (Wildman–Crippen LogP) is 1.24. The number of hydrogen-bond donors (Lipinski definition) is 3. The summed E-state index contributed by atoms with van der Waals surface area (Å²) in [6.45, 7) is 2.35. The fourth-order valence-corrected chi connectivity index (χ4v) is 2.70. The molecule has 0 aliphatic heterocycles. The molecule has 0 aliphatic carbocycles.